The minimum Gasteiger partial charge on any atom is -0.352 e. The van der Waals surface area contributed by atoms with Gasteiger partial charge in [0, 0.05) is 24.6 Å². The molecule has 0 radical (unpaired) electrons. The highest BCUT2D eigenvalue weighted by Crippen LogP contribution is 2.10. The molecule has 2 aromatic carbocycles. The summed E-state index contributed by atoms with van der Waals surface area (Å²) in [5.74, 6) is -0.372. The zero-order valence-corrected chi connectivity index (χ0v) is 12.6. The van der Waals surface area contributed by atoms with Gasteiger partial charge in [0.25, 0.3) is 0 Å². The second-order valence-corrected chi connectivity index (χ2v) is 5.34. The van der Waals surface area contributed by atoms with Gasteiger partial charge < -0.3 is 9.88 Å². The van der Waals surface area contributed by atoms with E-state index in [1.807, 2.05) is 53.4 Å². The van der Waals surface area contributed by atoms with Crippen LogP contribution in [0.4, 0.5) is 4.39 Å². The van der Waals surface area contributed by atoms with Crippen molar-refractivity contribution in [3.8, 4) is 5.69 Å². The maximum absolute atomic E-state index is 12.8. The van der Waals surface area contributed by atoms with Gasteiger partial charge in [0.15, 0.2) is 0 Å². The van der Waals surface area contributed by atoms with Gasteiger partial charge in [0.1, 0.15) is 5.82 Å². The van der Waals surface area contributed by atoms with Crippen molar-refractivity contribution in [3.05, 3.63) is 90.0 Å². The van der Waals surface area contributed by atoms with Crippen LogP contribution in [-0.4, -0.2) is 10.5 Å². The predicted molar refractivity (Wildman–Crippen MR) is 87.7 cm³/mol. The molecule has 116 valence electrons. The summed E-state index contributed by atoms with van der Waals surface area (Å²) in [7, 11) is 0. The Balaban J connectivity index is 1.53. The highest BCUT2D eigenvalue weighted by molar-refractivity contribution is 5.78. The Morgan fingerprint density at radius 3 is 2.17 bits per heavy atom. The third kappa shape index (κ3) is 4.07. The molecule has 0 saturated carbocycles. The third-order valence-corrected chi connectivity index (χ3v) is 3.61. The van der Waals surface area contributed by atoms with Crippen LogP contribution in [0.1, 0.15) is 11.1 Å². The van der Waals surface area contributed by atoms with Crippen LogP contribution in [0, 0.1) is 5.82 Å². The summed E-state index contributed by atoms with van der Waals surface area (Å²) in [6.07, 6.45) is 4.22. The zero-order chi connectivity index (χ0) is 16.1. The second kappa shape index (κ2) is 6.92. The molecular formula is C19H17FN2O. The normalized spacial score (nSPS) is 10.5. The highest BCUT2D eigenvalue weighted by atomic mass is 19.1. The summed E-state index contributed by atoms with van der Waals surface area (Å²) in [5, 5.41) is 2.88. The average molecular weight is 308 g/mol. The Labute approximate surface area is 134 Å². The molecule has 0 spiro atoms. The molecule has 4 heteroatoms. The van der Waals surface area contributed by atoms with E-state index in [0.717, 1.165) is 16.8 Å². The summed E-state index contributed by atoms with van der Waals surface area (Å²) in [5.41, 5.74) is 2.91. The maximum atomic E-state index is 12.8. The zero-order valence-electron chi connectivity index (χ0n) is 12.6. The molecule has 0 atom stereocenters. The molecule has 1 amide bonds. The predicted octanol–water partition coefficient (Wildman–Crippen LogP) is 3.48. The van der Waals surface area contributed by atoms with E-state index < -0.39 is 0 Å². The Bertz CT molecular complexity index is 762. The monoisotopic (exact) mass is 308 g/mol. The van der Waals surface area contributed by atoms with Crippen molar-refractivity contribution < 1.29 is 9.18 Å². The van der Waals surface area contributed by atoms with Gasteiger partial charge in [-0.05, 0) is 47.5 Å². The number of aromatic nitrogens is 1. The van der Waals surface area contributed by atoms with Crippen molar-refractivity contribution in [1.29, 1.82) is 0 Å². The van der Waals surface area contributed by atoms with Gasteiger partial charge in [0.05, 0.1) is 6.42 Å². The first kappa shape index (κ1) is 15.0. The van der Waals surface area contributed by atoms with Crippen molar-refractivity contribution >= 4 is 5.91 Å². The maximum Gasteiger partial charge on any atom is 0.224 e. The number of carbonyl (C=O) groups excluding carboxylic acids is 1. The largest absolute Gasteiger partial charge is 0.352 e. The van der Waals surface area contributed by atoms with Gasteiger partial charge in [0.2, 0.25) is 5.91 Å². The molecule has 0 bridgehead atoms. The van der Waals surface area contributed by atoms with E-state index in [0.29, 0.717) is 6.54 Å². The van der Waals surface area contributed by atoms with Crippen LogP contribution < -0.4 is 5.32 Å². The van der Waals surface area contributed by atoms with Gasteiger partial charge >= 0.3 is 0 Å². The van der Waals surface area contributed by atoms with E-state index in [1.54, 1.807) is 12.1 Å². The smallest absolute Gasteiger partial charge is 0.224 e. The molecule has 1 heterocycles. The first-order valence-corrected chi connectivity index (χ1v) is 7.44. The molecule has 3 nitrogen and oxygen atoms in total. The molecule has 3 aromatic rings. The quantitative estimate of drug-likeness (QED) is 0.769. The van der Waals surface area contributed by atoms with E-state index >= 15 is 0 Å². The first-order chi connectivity index (χ1) is 11.2. The van der Waals surface area contributed by atoms with Gasteiger partial charge in [-0.15, -0.1) is 0 Å². The number of rotatable bonds is 5. The number of hydrogen-bond donors (Lipinski definition) is 1. The second-order valence-electron chi connectivity index (χ2n) is 5.34. The lowest BCUT2D eigenvalue weighted by Gasteiger charge is -2.07. The lowest BCUT2D eigenvalue weighted by molar-refractivity contribution is -0.120. The van der Waals surface area contributed by atoms with E-state index in [4.69, 9.17) is 0 Å². The van der Waals surface area contributed by atoms with Crippen molar-refractivity contribution in [3.63, 3.8) is 0 Å². The number of amides is 1. The van der Waals surface area contributed by atoms with Crippen molar-refractivity contribution in [1.82, 2.24) is 9.88 Å². The molecule has 3 rings (SSSR count). The van der Waals surface area contributed by atoms with Crippen LogP contribution in [0.5, 0.6) is 0 Å². The molecule has 0 aliphatic heterocycles. The average Bonchev–Trinajstić information content (AvgIpc) is 3.10. The standard InChI is InChI=1S/C19H17FN2O/c20-17-7-3-15(4-8-17)13-19(23)21-14-16-5-9-18(10-6-16)22-11-1-2-12-22/h1-12H,13-14H2,(H,21,23). The lowest BCUT2D eigenvalue weighted by atomic mass is 10.1. The minimum atomic E-state index is -0.294. The summed E-state index contributed by atoms with van der Waals surface area (Å²) < 4.78 is 14.9. The van der Waals surface area contributed by atoms with Crippen LogP contribution in [0.25, 0.3) is 5.69 Å². The third-order valence-electron chi connectivity index (χ3n) is 3.61. The van der Waals surface area contributed by atoms with E-state index in [-0.39, 0.29) is 18.1 Å². The van der Waals surface area contributed by atoms with Crippen LogP contribution in [0.2, 0.25) is 0 Å². The molecule has 0 aliphatic rings. The van der Waals surface area contributed by atoms with Crippen molar-refractivity contribution in [2.24, 2.45) is 0 Å². The number of nitrogens with zero attached hydrogens (tertiary/aromatic N) is 1. The van der Waals surface area contributed by atoms with Gasteiger partial charge in [-0.25, -0.2) is 4.39 Å². The molecule has 0 saturated heterocycles. The molecule has 23 heavy (non-hydrogen) atoms. The van der Waals surface area contributed by atoms with Crippen molar-refractivity contribution in [2.45, 2.75) is 13.0 Å². The topological polar surface area (TPSA) is 34.0 Å². The summed E-state index contributed by atoms with van der Waals surface area (Å²) >= 11 is 0. The number of nitrogens with one attached hydrogen (secondary N) is 1. The first-order valence-electron chi connectivity index (χ1n) is 7.44. The fraction of sp³-hybridized carbons (Fsp3) is 0.105. The molecule has 1 N–H and O–H groups in total. The molecule has 0 unspecified atom stereocenters. The summed E-state index contributed by atoms with van der Waals surface area (Å²) in [4.78, 5) is 11.9. The van der Waals surface area contributed by atoms with E-state index in [1.165, 1.54) is 12.1 Å². The Morgan fingerprint density at radius 2 is 1.52 bits per heavy atom. The van der Waals surface area contributed by atoms with Crippen molar-refractivity contribution in [2.75, 3.05) is 0 Å². The highest BCUT2D eigenvalue weighted by Gasteiger charge is 2.04. The molecule has 0 fully saturated rings. The summed E-state index contributed by atoms with van der Waals surface area (Å²) in [6.45, 7) is 0.478. The Morgan fingerprint density at radius 1 is 0.913 bits per heavy atom. The molecule has 0 aliphatic carbocycles. The Kier molecular flexibility index (Phi) is 4.52. The van der Waals surface area contributed by atoms with E-state index in [2.05, 4.69) is 5.32 Å². The van der Waals surface area contributed by atoms with Crippen LogP contribution in [0.15, 0.2) is 73.1 Å². The van der Waals surface area contributed by atoms with Crippen LogP contribution in [-0.2, 0) is 17.8 Å². The number of benzene rings is 2. The van der Waals surface area contributed by atoms with Gasteiger partial charge in [-0.1, -0.05) is 24.3 Å². The minimum absolute atomic E-state index is 0.0777. The van der Waals surface area contributed by atoms with Crippen LogP contribution in [0.3, 0.4) is 0 Å². The van der Waals surface area contributed by atoms with E-state index in [9.17, 15) is 9.18 Å². The Hall–Kier alpha value is -2.88. The number of hydrogen-bond acceptors (Lipinski definition) is 1. The van der Waals surface area contributed by atoms with Gasteiger partial charge in [-0.3, -0.25) is 4.79 Å². The fourth-order valence-corrected chi connectivity index (χ4v) is 2.34. The molecular weight excluding hydrogens is 291 g/mol. The number of halogens is 1. The molecule has 1 aromatic heterocycles. The SMILES string of the molecule is O=C(Cc1ccc(F)cc1)NCc1ccc(-n2cccc2)cc1. The lowest BCUT2D eigenvalue weighted by Crippen LogP contribution is -2.24. The summed E-state index contributed by atoms with van der Waals surface area (Å²) in [6, 6.07) is 17.9. The fourth-order valence-electron chi connectivity index (χ4n) is 2.34. The van der Waals surface area contributed by atoms with Gasteiger partial charge in [-0.2, -0.15) is 0 Å². The van der Waals surface area contributed by atoms with Crippen LogP contribution >= 0.6 is 0 Å². The number of carbonyl (C=O) groups is 1.